The summed E-state index contributed by atoms with van der Waals surface area (Å²) in [6.45, 7) is 8.21. The molecule has 0 aromatic rings. The fraction of sp³-hybridized carbons (Fsp3) is 0.929. The molecule has 1 saturated heterocycles. The number of hydrogen-bond acceptors (Lipinski definition) is 5. The molecule has 1 heterocycles. The standard InChI is InChI=1S/C14H24N2O5/c1-5-10(16(19)20)12(17)11-8-6-15(7-9(8)11)13(18)21-14(2,3)4/h8-12,17H,5-7H2,1-4H3/t8-,9+,10?,11-,12-/m0/s1. The number of nitrogens with zero attached hydrogens (tertiary/aromatic N) is 2. The number of aliphatic hydroxyl groups is 1. The van der Waals surface area contributed by atoms with Crippen LogP contribution in [0.25, 0.3) is 0 Å². The smallest absolute Gasteiger partial charge is 0.410 e. The molecule has 1 unspecified atom stereocenters. The second-order valence-electron chi connectivity index (χ2n) is 7.04. The normalized spacial score (nSPS) is 30.5. The van der Waals surface area contributed by atoms with E-state index in [1.54, 1.807) is 11.8 Å². The van der Waals surface area contributed by atoms with Crippen molar-refractivity contribution >= 4 is 6.09 Å². The molecule has 1 amide bonds. The van der Waals surface area contributed by atoms with Crippen molar-refractivity contribution in [3.63, 3.8) is 0 Å². The van der Waals surface area contributed by atoms with Gasteiger partial charge in [0.25, 0.3) is 0 Å². The van der Waals surface area contributed by atoms with Gasteiger partial charge in [-0.1, -0.05) is 6.92 Å². The SMILES string of the molecule is CCC([C@H](O)[C@@H]1[C@@H]2CN(C(=O)OC(C)(C)C)C[C@@H]21)[N+](=O)[O-]. The summed E-state index contributed by atoms with van der Waals surface area (Å²) in [4.78, 5) is 24.1. The maximum absolute atomic E-state index is 11.9. The highest BCUT2D eigenvalue weighted by Gasteiger charge is 2.62. The molecule has 1 saturated carbocycles. The summed E-state index contributed by atoms with van der Waals surface area (Å²) in [6, 6.07) is -0.907. The highest BCUT2D eigenvalue weighted by atomic mass is 16.6. The van der Waals surface area contributed by atoms with Crippen molar-refractivity contribution in [3.05, 3.63) is 10.1 Å². The van der Waals surface area contributed by atoms with E-state index in [4.69, 9.17) is 4.74 Å². The summed E-state index contributed by atoms with van der Waals surface area (Å²) in [7, 11) is 0. The molecular formula is C14H24N2O5. The van der Waals surface area contributed by atoms with Gasteiger partial charge in [-0.2, -0.15) is 0 Å². The van der Waals surface area contributed by atoms with Gasteiger partial charge in [0.15, 0.2) is 0 Å². The Labute approximate surface area is 124 Å². The first-order valence-electron chi connectivity index (χ1n) is 7.45. The van der Waals surface area contributed by atoms with Crippen LogP contribution in [0.5, 0.6) is 0 Å². The minimum absolute atomic E-state index is 0.0564. The first-order valence-corrected chi connectivity index (χ1v) is 7.45. The van der Waals surface area contributed by atoms with Gasteiger partial charge < -0.3 is 14.7 Å². The fourth-order valence-corrected chi connectivity index (χ4v) is 3.33. The number of nitro groups is 1. The molecule has 0 bridgehead atoms. The first kappa shape index (κ1) is 16.0. The van der Waals surface area contributed by atoms with E-state index in [2.05, 4.69) is 0 Å². The number of amides is 1. The van der Waals surface area contributed by atoms with E-state index >= 15 is 0 Å². The minimum Gasteiger partial charge on any atom is -0.444 e. The quantitative estimate of drug-likeness (QED) is 0.627. The lowest BCUT2D eigenvalue weighted by Crippen LogP contribution is -2.40. The third-order valence-corrected chi connectivity index (χ3v) is 4.39. The number of fused-ring (bicyclic) bond motifs is 1. The predicted octanol–water partition coefficient (Wildman–Crippen LogP) is 1.52. The number of aliphatic hydroxyl groups excluding tert-OH is 1. The maximum atomic E-state index is 11.9. The van der Waals surface area contributed by atoms with Crippen molar-refractivity contribution in [2.45, 2.75) is 51.9 Å². The molecule has 5 atom stereocenters. The summed E-state index contributed by atoms with van der Waals surface area (Å²) in [5.74, 6) is 0.280. The van der Waals surface area contributed by atoms with Crippen LogP contribution in [-0.2, 0) is 4.74 Å². The molecule has 0 aromatic heterocycles. The summed E-state index contributed by atoms with van der Waals surface area (Å²) >= 11 is 0. The topological polar surface area (TPSA) is 92.9 Å². The van der Waals surface area contributed by atoms with E-state index in [1.165, 1.54) is 0 Å². The monoisotopic (exact) mass is 300 g/mol. The van der Waals surface area contributed by atoms with E-state index in [0.29, 0.717) is 19.5 Å². The van der Waals surface area contributed by atoms with Crippen molar-refractivity contribution in [1.29, 1.82) is 0 Å². The molecule has 1 aliphatic heterocycles. The van der Waals surface area contributed by atoms with Crippen LogP contribution in [-0.4, -0.2) is 51.9 Å². The van der Waals surface area contributed by atoms with Gasteiger partial charge in [0, 0.05) is 30.4 Å². The van der Waals surface area contributed by atoms with Crippen molar-refractivity contribution < 1.29 is 19.6 Å². The third-order valence-electron chi connectivity index (χ3n) is 4.39. The zero-order valence-corrected chi connectivity index (χ0v) is 13.0. The maximum Gasteiger partial charge on any atom is 0.410 e. The van der Waals surface area contributed by atoms with Crippen molar-refractivity contribution in [3.8, 4) is 0 Å². The number of carbonyl (C=O) groups is 1. The van der Waals surface area contributed by atoms with Crippen LogP contribution in [0.4, 0.5) is 4.79 Å². The molecule has 0 spiro atoms. The average molecular weight is 300 g/mol. The van der Waals surface area contributed by atoms with E-state index in [1.807, 2.05) is 20.8 Å². The molecule has 120 valence electrons. The Morgan fingerprint density at radius 1 is 1.43 bits per heavy atom. The van der Waals surface area contributed by atoms with Gasteiger partial charge in [-0.05, 0) is 32.6 Å². The Morgan fingerprint density at radius 2 is 1.95 bits per heavy atom. The Bertz CT molecular complexity index is 422. The summed E-state index contributed by atoms with van der Waals surface area (Å²) in [5, 5.41) is 21.1. The van der Waals surface area contributed by atoms with Crippen molar-refractivity contribution in [2.24, 2.45) is 17.8 Å². The molecule has 0 radical (unpaired) electrons. The van der Waals surface area contributed by atoms with Gasteiger partial charge >= 0.3 is 6.09 Å². The Morgan fingerprint density at radius 3 is 2.33 bits per heavy atom. The molecule has 1 aliphatic carbocycles. The van der Waals surface area contributed by atoms with Gasteiger partial charge in [0.2, 0.25) is 6.04 Å². The van der Waals surface area contributed by atoms with Gasteiger partial charge in [0.1, 0.15) is 11.7 Å². The highest BCUT2D eigenvalue weighted by molar-refractivity contribution is 5.69. The lowest BCUT2D eigenvalue weighted by molar-refractivity contribution is -0.536. The zero-order chi connectivity index (χ0) is 15.9. The number of carbonyl (C=O) groups excluding carboxylic acids is 1. The molecule has 0 aromatic carbocycles. The van der Waals surface area contributed by atoms with Crippen LogP contribution in [0, 0.1) is 27.9 Å². The summed E-state index contributed by atoms with van der Waals surface area (Å²) in [6.07, 6.45) is -0.940. The number of hydrogen-bond donors (Lipinski definition) is 1. The molecule has 2 rings (SSSR count). The van der Waals surface area contributed by atoms with Crippen LogP contribution in [0.3, 0.4) is 0 Å². The lowest BCUT2D eigenvalue weighted by atomic mass is 10.0. The third kappa shape index (κ3) is 3.28. The van der Waals surface area contributed by atoms with Gasteiger partial charge in [-0.15, -0.1) is 0 Å². The molecule has 7 heteroatoms. The van der Waals surface area contributed by atoms with E-state index < -0.39 is 22.7 Å². The predicted molar refractivity (Wildman–Crippen MR) is 75.4 cm³/mol. The zero-order valence-electron chi connectivity index (χ0n) is 13.0. The molecular weight excluding hydrogens is 276 g/mol. The second kappa shape index (κ2) is 5.44. The number of rotatable bonds is 4. The molecule has 2 fully saturated rings. The average Bonchev–Trinajstić information content (AvgIpc) is 2.82. The van der Waals surface area contributed by atoms with E-state index in [0.717, 1.165) is 0 Å². The van der Waals surface area contributed by atoms with Crippen molar-refractivity contribution in [1.82, 2.24) is 4.90 Å². The van der Waals surface area contributed by atoms with E-state index in [9.17, 15) is 20.0 Å². The van der Waals surface area contributed by atoms with Crippen LogP contribution >= 0.6 is 0 Å². The largest absolute Gasteiger partial charge is 0.444 e. The summed E-state index contributed by atoms with van der Waals surface area (Å²) in [5.41, 5.74) is -0.526. The molecule has 21 heavy (non-hydrogen) atoms. The summed E-state index contributed by atoms with van der Waals surface area (Å²) < 4.78 is 5.31. The Kier molecular flexibility index (Phi) is 4.15. The number of piperidine rings is 1. The number of ether oxygens (including phenoxy) is 1. The fourth-order valence-electron chi connectivity index (χ4n) is 3.33. The molecule has 7 nitrogen and oxygen atoms in total. The van der Waals surface area contributed by atoms with Gasteiger partial charge in [0.05, 0.1) is 0 Å². The minimum atomic E-state index is -0.916. The Balaban J connectivity index is 1.87. The second-order valence-corrected chi connectivity index (χ2v) is 7.04. The van der Waals surface area contributed by atoms with Crippen molar-refractivity contribution in [2.75, 3.05) is 13.1 Å². The molecule has 1 N–H and O–H groups in total. The van der Waals surface area contributed by atoms with Crippen LogP contribution in [0.2, 0.25) is 0 Å². The Hall–Kier alpha value is -1.37. The van der Waals surface area contributed by atoms with E-state index in [-0.39, 0.29) is 23.8 Å². The van der Waals surface area contributed by atoms with Gasteiger partial charge in [-0.3, -0.25) is 10.1 Å². The van der Waals surface area contributed by atoms with Crippen LogP contribution < -0.4 is 0 Å². The number of likely N-dealkylation sites (tertiary alicyclic amines) is 1. The van der Waals surface area contributed by atoms with Gasteiger partial charge in [-0.25, -0.2) is 4.79 Å². The van der Waals surface area contributed by atoms with Crippen LogP contribution in [0.15, 0.2) is 0 Å². The highest BCUT2D eigenvalue weighted by Crippen LogP contribution is 2.54. The lowest BCUT2D eigenvalue weighted by Gasteiger charge is -2.26. The molecule has 2 aliphatic rings. The first-order chi connectivity index (χ1) is 9.65. The van der Waals surface area contributed by atoms with Crippen LogP contribution in [0.1, 0.15) is 34.1 Å².